The Labute approximate surface area is 188 Å². The van der Waals surface area contributed by atoms with Crippen LogP contribution in [0.1, 0.15) is 36.9 Å². The van der Waals surface area contributed by atoms with Gasteiger partial charge in [0.25, 0.3) is 0 Å². The van der Waals surface area contributed by atoms with Crippen LogP contribution in [0.25, 0.3) is 0 Å². The summed E-state index contributed by atoms with van der Waals surface area (Å²) >= 11 is 0. The maximum Gasteiger partial charge on any atom is 0.238 e. The fourth-order valence-electron chi connectivity index (χ4n) is 4.35. The molecular formula is C23H29N3O5S. The molecule has 172 valence electrons. The summed E-state index contributed by atoms with van der Waals surface area (Å²) in [6.07, 6.45) is 2.63. The molecule has 2 aromatic carbocycles. The molecule has 0 radical (unpaired) electrons. The minimum Gasteiger partial charge on any atom is -0.486 e. The average molecular weight is 460 g/mol. The molecule has 0 aromatic heterocycles. The van der Waals surface area contributed by atoms with Crippen LogP contribution in [0.5, 0.6) is 11.5 Å². The van der Waals surface area contributed by atoms with Crippen molar-refractivity contribution in [1.82, 2.24) is 10.2 Å². The number of hydrogen-bond acceptors (Lipinski definition) is 6. The molecule has 32 heavy (non-hydrogen) atoms. The second-order valence-corrected chi connectivity index (χ2v) is 9.77. The van der Waals surface area contributed by atoms with E-state index in [4.69, 9.17) is 14.6 Å². The van der Waals surface area contributed by atoms with E-state index < -0.39 is 10.0 Å². The molecule has 4 rings (SSSR count). The van der Waals surface area contributed by atoms with Crippen molar-refractivity contribution >= 4 is 15.9 Å². The number of nitrogens with zero attached hydrogens (tertiary/aromatic N) is 1. The molecule has 2 aliphatic rings. The van der Waals surface area contributed by atoms with E-state index in [1.807, 2.05) is 19.1 Å². The first kappa shape index (κ1) is 22.6. The number of nitrogens with two attached hydrogens (primary N) is 1. The van der Waals surface area contributed by atoms with Crippen LogP contribution < -0.4 is 19.9 Å². The highest BCUT2D eigenvalue weighted by Crippen LogP contribution is 2.38. The number of benzene rings is 2. The molecule has 0 bridgehead atoms. The Bertz CT molecular complexity index is 1070. The number of likely N-dealkylation sites (tertiary alicyclic amines) is 1. The van der Waals surface area contributed by atoms with Crippen molar-refractivity contribution in [2.75, 3.05) is 26.3 Å². The molecule has 2 atom stereocenters. The van der Waals surface area contributed by atoms with Crippen LogP contribution in [-0.2, 0) is 21.2 Å². The molecule has 1 fully saturated rings. The number of hydrogen-bond donors (Lipinski definition) is 2. The van der Waals surface area contributed by atoms with Gasteiger partial charge in [-0.3, -0.25) is 9.69 Å². The Hall–Kier alpha value is -2.62. The first-order valence-electron chi connectivity index (χ1n) is 10.9. The molecule has 9 heteroatoms. The monoisotopic (exact) mass is 459 g/mol. The molecule has 2 aromatic rings. The van der Waals surface area contributed by atoms with E-state index in [-0.39, 0.29) is 22.9 Å². The quantitative estimate of drug-likeness (QED) is 0.655. The van der Waals surface area contributed by atoms with Crippen molar-refractivity contribution < 1.29 is 22.7 Å². The highest BCUT2D eigenvalue weighted by molar-refractivity contribution is 7.89. The first-order valence-corrected chi connectivity index (χ1v) is 12.4. The number of fused-ring (bicyclic) bond motifs is 1. The van der Waals surface area contributed by atoms with Crippen LogP contribution in [-0.4, -0.2) is 51.6 Å². The highest BCUT2D eigenvalue weighted by Gasteiger charge is 2.33. The van der Waals surface area contributed by atoms with Gasteiger partial charge in [-0.2, -0.15) is 0 Å². The number of nitrogens with one attached hydrogen (secondary N) is 1. The first-order chi connectivity index (χ1) is 15.3. The number of ether oxygens (including phenoxy) is 2. The molecule has 1 saturated heterocycles. The Morgan fingerprint density at radius 2 is 1.88 bits per heavy atom. The molecule has 3 N–H and O–H groups in total. The zero-order valence-electron chi connectivity index (χ0n) is 18.1. The van der Waals surface area contributed by atoms with Gasteiger partial charge in [-0.1, -0.05) is 18.2 Å². The maximum atomic E-state index is 12.8. The topological polar surface area (TPSA) is 111 Å². The van der Waals surface area contributed by atoms with Gasteiger partial charge in [-0.25, -0.2) is 13.6 Å². The van der Waals surface area contributed by atoms with Crippen LogP contribution in [0, 0.1) is 0 Å². The lowest BCUT2D eigenvalue weighted by Gasteiger charge is -2.31. The van der Waals surface area contributed by atoms with Crippen molar-refractivity contribution in [3.63, 3.8) is 0 Å². The van der Waals surface area contributed by atoms with Crippen LogP contribution in [0.2, 0.25) is 0 Å². The lowest BCUT2D eigenvalue weighted by atomic mass is 10.0. The van der Waals surface area contributed by atoms with Crippen molar-refractivity contribution in [3.05, 3.63) is 53.6 Å². The largest absolute Gasteiger partial charge is 0.486 e. The normalized spacial score (nSPS) is 19.5. The van der Waals surface area contributed by atoms with Gasteiger partial charge in [0.2, 0.25) is 15.9 Å². The minimum atomic E-state index is -3.70. The summed E-state index contributed by atoms with van der Waals surface area (Å²) in [5.74, 6) is 1.52. The smallest absolute Gasteiger partial charge is 0.238 e. The van der Waals surface area contributed by atoms with E-state index in [9.17, 15) is 13.2 Å². The molecule has 1 amide bonds. The predicted octanol–water partition coefficient (Wildman–Crippen LogP) is 1.99. The number of carbonyl (C=O) groups excluding carboxylic acids is 1. The summed E-state index contributed by atoms with van der Waals surface area (Å²) in [5, 5.41) is 8.13. The van der Waals surface area contributed by atoms with E-state index in [0.717, 1.165) is 42.0 Å². The van der Waals surface area contributed by atoms with E-state index in [1.165, 1.54) is 12.1 Å². The lowest BCUT2D eigenvalue weighted by molar-refractivity contribution is -0.126. The summed E-state index contributed by atoms with van der Waals surface area (Å²) in [4.78, 5) is 15.1. The van der Waals surface area contributed by atoms with E-state index in [2.05, 4.69) is 16.3 Å². The standard InChI is InChI=1S/C23H29N3O5S/c1-16(23(27)25-11-10-17-4-7-19(8-5-17)32(24,28)29)26-12-2-3-20(26)18-6-9-21-22(15-18)31-14-13-30-21/h4-9,15-16,20H,2-3,10-14H2,1H3,(H,25,27)(H2,24,28,29)/t16-,20+/m1/s1. The summed E-state index contributed by atoms with van der Waals surface area (Å²) in [6, 6.07) is 12.3. The molecule has 0 saturated carbocycles. The van der Waals surface area contributed by atoms with Gasteiger partial charge in [-0.05, 0) is 68.1 Å². The van der Waals surface area contributed by atoms with Gasteiger partial charge in [-0.15, -0.1) is 0 Å². The average Bonchev–Trinajstić information content (AvgIpc) is 3.28. The second-order valence-electron chi connectivity index (χ2n) is 8.20. The Morgan fingerprint density at radius 3 is 2.59 bits per heavy atom. The summed E-state index contributed by atoms with van der Waals surface area (Å²) in [7, 11) is -3.70. The number of carbonyl (C=O) groups is 1. The van der Waals surface area contributed by atoms with E-state index in [1.54, 1.807) is 12.1 Å². The Balaban J connectivity index is 1.34. The fourth-order valence-corrected chi connectivity index (χ4v) is 4.87. The van der Waals surface area contributed by atoms with Gasteiger partial charge in [0.15, 0.2) is 11.5 Å². The van der Waals surface area contributed by atoms with Gasteiger partial charge in [0, 0.05) is 12.6 Å². The van der Waals surface area contributed by atoms with Crippen molar-refractivity contribution in [3.8, 4) is 11.5 Å². The molecule has 2 heterocycles. The maximum absolute atomic E-state index is 12.8. The second kappa shape index (κ2) is 9.48. The highest BCUT2D eigenvalue weighted by atomic mass is 32.2. The summed E-state index contributed by atoms with van der Waals surface area (Å²) in [5.41, 5.74) is 2.07. The third-order valence-corrected chi connectivity index (χ3v) is 7.02. The molecule has 0 aliphatic carbocycles. The number of amides is 1. The van der Waals surface area contributed by atoms with Gasteiger partial charge < -0.3 is 14.8 Å². The van der Waals surface area contributed by atoms with Crippen LogP contribution >= 0.6 is 0 Å². The van der Waals surface area contributed by atoms with Crippen molar-refractivity contribution in [2.45, 2.75) is 43.2 Å². The third-order valence-electron chi connectivity index (χ3n) is 6.09. The summed E-state index contributed by atoms with van der Waals surface area (Å²) < 4.78 is 34.0. The van der Waals surface area contributed by atoms with Gasteiger partial charge >= 0.3 is 0 Å². The zero-order chi connectivity index (χ0) is 22.7. The number of primary sulfonamides is 1. The van der Waals surface area contributed by atoms with Crippen LogP contribution in [0.3, 0.4) is 0 Å². The number of sulfonamides is 1. The summed E-state index contributed by atoms with van der Waals surface area (Å²) in [6.45, 7) is 4.39. The minimum absolute atomic E-state index is 0.0180. The SMILES string of the molecule is C[C@H](C(=O)NCCc1ccc(S(N)(=O)=O)cc1)N1CCC[C@H]1c1ccc2c(c1)OCCO2. The van der Waals surface area contributed by atoms with Gasteiger partial charge in [0.05, 0.1) is 10.9 Å². The van der Waals surface area contributed by atoms with Gasteiger partial charge in [0.1, 0.15) is 13.2 Å². The Morgan fingerprint density at radius 1 is 1.16 bits per heavy atom. The van der Waals surface area contributed by atoms with E-state index >= 15 is 0 Å². The fraction of sp³-hybridized carbons (Fsp3) is 0.435. The molecule has 2 aliphatic heterocycles. The van der Waals surface area contributed by atoms with Crippen molar-refractivity contribution in [2.24, 2.45) is 5.14 Å². The molecular weight excluding hydrogens is 430 g/mol. The van der Waals surface area contributed by atoms with Crippen molar-refractivity contribution in [1.29, 1.82) is 0 Å². The van der Waals surface area contributed by atoms with Crippen LogP contribution in [0.4, 0.5) is 0 Å². The molecule has 0 unspecified atom stereocenters. The third kappa shape index (κ3) is 5.06. The predicted molar refractivity (Wildman–Crippen MR) is 120 cm³/mol. The lowest BCUT2D eigenvalue weighted by Crippen LogP contribution is -2.45. The molecule has 0 spiro atoms. The van der Waals surface area contributed by atoms with Crippen LogP contribution in [0.15, 0.2) is 47.4 Å². The zero-order valence-corrected chi connectivity index (χ0v) is 18.9. The Kier molecular flexibility index (Phi) is 6.68. The van der Waals surface area contributed by atoms with E-state index in [0.29, 0.717) is 26.2 Å². The number of rotatable bonds is 7. The molecule has 8 nitrogen and oxygen atoms in total.